The molecule has 0 heterocycles. The van der Waals surface area contributed by atoms with Gasteiger partial charge < -0.3 is 4.90 Å². The van der Waals surface area contributed by atoms with Gasteiger partial charge in [0.15, 0.2) is 0 Å². The maximum absolute atomic E-state index is 12.6. The smallest absolute Gasteiger partial charge is 0.362 e. The van der Waals surface area contributed by atoms with Gasteiger partial charge in [-0.2, -0.15) is 13.2 Å². The van der Waals surface area contributed by atoms with Gasteiger partial charge in [-0.25, -0.2) is 4.99 Å². The third-order valence-electron chi connectivity index (χ3n) is 3.64. The number of nitrogens with zero attached hydrogens (tertiary/aromatic N) is 2. The normalized spacial score (nSPS) is 12.4. The first-order valence-electron chi connectivity index (χ1n) is 7.89. The van der Waals surface area contributed by atoms with Crippen LogP contribution in [-0.4, -0.2) is 36.8 Å². The number of aliphatic imine (C=N–C) groups is 1. The minimum atomic E-state index is -4.20. The molecule has 0 saturated heterocycles. The SMILES string of the molecule is Cc1cc(C)c(SCC(F)(F)F)cc1/N=C(/c1ccc(Cl)cc1)N(C)C. The van der Waals surface area contributed by atoms with Crippen LogP contribution in [0.2, 0.25) is 5.02 Å². The monoisotopic (exact) mass is 400 g/mol. The molecule has 0 N–H and O–H groups in total. The second-order valence-electron chi connectivity index (χ2n) is 6.14. The Bertz CT molecular complexity index is 800. The van der Waals surface area contributed by atoms with Gasteiger partial charge in [0.05, 0.1) is 11.4 Å². The summed E-state index contributed by atoms with van der Waals surface area (Å²) in [5, 5.41) is 0.629. The van der Waals surface area contributed by atoms with Crippen LogP contribution in [0.3, 0.4) is 0 Å². The average molecular weight is 401 g/mol. The first kappa shape index (κ1) is 20.6. The van der Waals surface area contributed by atoms with E-state index in [1.807, 2.05) is 51.0 Å². The first-order chi connectivity index (χ1) is 12.1. The maximum Gasteiger partial charge on any atom is 0.398 e. The Morgan fingerprint density at radius 1 is 1.08 bits per heavy atom. The van der Waals surface area contributed by atoms with Crippen molar-refractivity contribution in [1.29, 1.82) is 0 Å². The van der Waals surface area contributed by atoms with Crippen molar-refractivity contribution in [2.45, 2.75) is 24.9 Å². The van der Waals surface area contributed by atoms with Crippen LogP contribution in [0.25, 0.3) is 0 Å². The molecule has 0 aromatic heterocycles. The summed E-state index contributed by atoms with van der Waals surface area (Å²) in [6.45, 7) is 3.71. The van der Waals surface area contributed by atoms with Gasteiger partial charge in [0.25, 0.3) is 0 Å². The van der Waals surface area contributed by atoms with Crippen LogP contribution in [-0.2, 0) is 0 Å². The number of amidine groups is 1. The van der Waals surface area contributed by atoms with Crippen molar-refractivity contribution in [2.24, 2.45) is 4.99 Å². The molecule has 0 atom stereocenters. The fourth-order valence-electron chi connectivity index (χ4n) is 2.39. The minimum absolute atomic E-state index is 0.584. The van der Waals surface area contributed by atoms with Crippen LogP contribution in [0.4, 0.5) is 18.9 Å². The van der Waals surface area contributed by atoms with Gasteiger partial charge >= 0.3 is 6.18 Å². The second-order valence-corrected chi connectivity index (χ2v) is 7.60. The van der Waals surface area contributed by atoms with Gasteiger partial charge in [-0.3, -0.25) is 0 Å². The number of rotatable bonds is 4. The molecule has 0 amide bonds. The largest absolute Gasteiger partial charge is 0.398 e. The van der Waals surface area contributed by atoms with Crippen LogP contribution in [0.5, 0.6) is 0 Å². The summed E-state index contributed by atoms with van der Waals surface area (Å²) in [6.07, 6.45) is -4.20. The van der Waals surface area contributed by atoms with E-state index in [1.54, 1.807) is 18.2 Å². The number of thioether (sulfide) groups is 1. The summed E-state index contributed by atoms with van der Waals surface area (Å²) < 4.78 is 37.7. The summed E-state index contributed by atoms with van der Waals surface area (Å²) in [7, 11) is 3.74. The molecule has 2 rings (SSSR count). The number of benzene rings is 2. The number of halogens is 4. The predicted molar refractivity (Wildman–Crippen MR) is 104 cm³/mol. The van der Waals surface area contributed by atoms with E-state index in [0.29, 0.717) is 21.4 Å². The molecule has 2 aromatic rings. The molecular formula is C19H20ClF3N2S. The molecule has 0 aliphatic rings. The molecule has 2 aromatic carbocycles. The molecule has 26 heavy (non-hydrogen) atoms. The van der Waals surface area contributed by atoms with Crippen molar-refractivity contribution in [3.8, 4) is 0 Å². The highest BCUT2D eigenvalue weighted by atomic mass is 35.5. The number of aryl methyl sites for hydroxylation is 2. The van der Waals surface area contributed by atoms with Crippen LogP contribution in [0.1, 0.15) is 16.7 Å². The molecule has 0 unspecified atom stereocenters. The quantitative estimate of drug-likeness (QED) is 0.342. The highest BCUT2D eigenvalue weighted by molar-refractivity contribution is 7.99. The molecule has 0 radical (unpaired) electrons. The number of alkyl halides is 3. The zero-order chi connectivity index (χ0) is 19.5. The summed E-state index contributed by atoms with van der Waals surface area (Å²) in [5.74, 6) is -0.210. The van der Waals surface area contributed by atoms with E-state index in [4.69, 9.17) is 16.6 Å². The van der Waals surface area contributed by atoms with Crippen LogP contribution in [0.15, 0.2) is 46.3 Å². The van der Waals surface area contributed by atoms with Crippen LogP contribution < -0.4 is 0 Å². The Labute approximate surface area is 161 Å². The topological polar surface area (TPSA) is 15.6 Å². The van der Waals surface area contributed by atoms with Gasteiger partial charge in [-0.1, -0.05) is 17.7 Å². The number of hydrogen-bond acceptors (Lipinski definition) is 2. The highest BCUT2D eigenvalue weighted by Gasteiger charge is 2.27. The fraction of sp³-hybridized carbons (Fsp3) is 0.316. The Morgan fingerprint density at radius 2 is 1.69 bits per heavy atom. The lowest BCUT2D eigenvalue weighted by Gasteiger charge is -2.18. The molecule has 7 heteroatoms. The molecular weight excluding hydrogens is 381 g/mol. The summed E-state index contributed by atoms with van der Waals surface area (Å²) in [6, 6.07) is 10.9. The predicted octanol–water partition coefficient (Wildman–Crippen LogP) is 6.25. The van der Waals surface area contributed by atoms with Crippen LogP contribution >= 0.6 is 23.4 Å². The fourth-order valence-corrected chi connectivity index (χ4v) is 3.32. The van der Waals surface area contributed by atoms with E-state index < -0.39 is 11.9 Å². The Morgan fingerprint density at radius 3 is 2.23 bits per heavy atom. The first-order valence-corrected chi connectivity index (χ1v) is 9.26. The lowest BCUT2D eigenvalue weighted by molar-refractivity contribution is -0.105. The minimum Gasteiger partial charge on any atom is -0.362 e. The van der Waals surface area contributed by atoms with E-state index in [9.17, 15) is 13.2 Å². The molecule has 0 fully saturated rings. The summed E-state index contributed by atoms with van der Waals surface area (Å²) >= 11 is 6.73. The van der Waals surface area contributed by atoms with Crippen molar-refractivity contribution < 1.29 is 13.2 Å². The molecule has 0 aliphatic heterocycles. The highest BCUT2D eigenvalue weighted by Crippen LogP contribution is 2.34. The summed E-state index contributed by atoms with van der Waals surface area (Å²) in [4.78, 5) is 7.16. The van der Waals surface area contributed by atoms with Crippen molar-refractivity contribution in [3.05, 3.63) is 58.1 Å². The van der Waals surface area contributed by atoms with E-state index >= 15 is 0 Å². The van der Waals surface area contributed by atoms with Crippen molar-refractivity contribution >= 4 is 34.9 Å². The van der Waals surface area contributed by atoms with Crippen molar-refractivity contribution in [3.63, 3.8) is 0 Å². The van der Waals surface area contributed by atoms with Gasteiger partial charge in [0, 0.05) is 29.6 Å². The van der Waals surface area contributed by atoms with Gasteiger partial charge in [0.2, 0.25) is 0 Å². The molecule has 0 spiro atoms. The van der Waals surface area contributed by atoms with Gasteiger partial charge in [-0.05, 0) is 55.3 Å². The zero-order valence-electron chi connectivity index (χ0n) is 15.0. The molecule has 2 nitrogen and oxygen atoms in total. The van der Waals surface area contributed by atoms with Gasteiger partial charge in [-0.15, -0.1) is 11.8 Å². The van der Waals surface area contributed by atoms with Crippen molar-refractivity contribution in [1.82, 2.24) is 4.90 Å². The van der Waals surface area contributed by atoms with Crippen molar-refractivity contribution in [2.75, 3.05) is 19.8 Å². The Balaban J connectivity index is 2.44. The third kappa shape index (κ3) is 5.68. The third-order valence-corrected chi connectivity index (χ3v) is 5.11. The maximum atomic E-state index is 12.6. The summed E-state index contributed by atoms with van der Waals surface area (Å²) in [5.41, 5.74) is 3.25. The lowest BCUT2D eigenvalue weighted by atomic mass is 10.1. The molecule has 140 valence electrons. The van der Waals surface area contributed by atoms with E-state index in [2.05, 4.69) is 0 Å². The Hall–Kier alpha value is -1.66. The Kier molecular flexibility index (Phi) is 6.64. The molecule has 0 aliphatic carbocycles. The van der Waals surface area contributed by atoms with Gasteiger partial charge in [0.1, 0.15) is 5.84 Å². The van der Waals surface area contributed by atoms with E-state index in [0.717, 1.165) is 28.5 Å². The zero-order valence-corrected chi connectivity index (χ0v) is 16.6. The molecule has 0 saturated carbocycles. The second kappa shape index (κ2) is 8.35. The molecule has 0 bridgehead atoms. The van der Waals surface area contributed by atoms with E-state index in [-0.39, 0.29) is 0 Å². The van der Waals surface area contributed by atoms with E-state index in [1.165, 1.54) is 0 Å². The average Bonchev–Trinajstić information content (AvgIpc) is 2.53. The standard InChI is InChI=1S/C19H20ClF3N2S/c1-12-9-13(2)17(26-11-19(21,22)23)10-16(12)24-18(25(3)4)14-5-7-15(20)8-6-14/h5-10H,11H2,1-4H3/b24-18-. The lowest BCUT2D eigenvalue weighted by Crippen LogP contribution is -2.22. The van der Waals surface area contributed by atoms with Crippen LogP contribution in [0, 0.1) is 13.8 Å². The number of hydrogen-bond donors (Lipinski definition) is 0.